The Morgan fingerprint density at radius 3 is 2.57 bits per heavy atom. The van der Waals surface area contributed by atoms with E-state index in [1.165, 1.54) is 11.1 Å². The molecule has 0 fully saturated rings. The molecule has 1 aliphatic rings. The molecule has 0 amide bonds. The van der Waals surface area contributed by atoms with Gasteiger partial charge in [-0.15, -0.1) is 0 Å². The van der Waals surface area contributed by atoms with Gasteiger partial charge < -0.3 is 15.2 Å². The maximum absolute atomic E-state index is 9.14. The Labute approximate surface area is 124 Å². The molecule has 3 nitrogen and oxygen atoms in total. The molecule has 1 unspecified atom stereocenters. The third kappa shape index (κ3) is 2.52. The number of ether oxygens (including phenoxy) is 1. The van der Waals surface area contributed by atoms with Crippen molar-refractivity contribution < 1.29 is 9.84 Å². The van der Waals surface area contributed by atoms with E-state index >= 15 is 0 Å². The Kier molecular flexibility index (Phi) is 3.67. The highest BCUT2D eigenvalue weighted by atomic mass is 16.5. The minimum Gasteiger partial charge on any atom is -0.496 e. The second-order valence-electron chi connectivity index (χ2n) is 5.29. The summed E-state index contributed by atoms with van der Waals surface area (Å²) in [4.78, 5) is 0. The van der Waals surface area contributed by atoms with E-state index in [0.717, 1.165) is 22.6 Å². The third-order valence-electron chi connectivity index (χ3n) is 3.91. The molecule has 0 aliphatic carbocycles. The predicted molar refractivity (Wildman–Crippen MR) is 85.4 cm³/mol. The van der Waals surface area contributed by atoms with E-state index in [2.05, 4.69) is 36.5 Å². The summed E-state index contributed by atoms with van der Waals surface area (Å²) < 4.78 is 5.42. The van der Waals surface area contributed by atoms with E-state index < -0.39 is 0 Å². The van der Waals surface area contributed by atoms with Crippen LogP contribution in [0.4, 0.5) is 5.69 Å². The zero-order valence-electron chi connectivity index (χ0n) is 12.3. The normalized spacial score (nSPS) is 16.7. The number of aliphatic hydroxyl groups is 1. The first-order valence-corrected chi connectivity index (χ1v) is 7.04. The molecule has 0 radical (unpaired) electrons. The Morgan fingerprint density at radius 1 is 1.14 bits per heavy atom. The van der Waals surface area contributed by atoms with Gasteiger partial charge in [-0.1, -0.05) is 30.3 Å². The first kappa shape index (κ1) is 13.7. The monoisotopic (exact) mass is 281 g/mol. The zero-order chi connectivity index (χ0) is 14.8. The molecule has 108 valence electrons. The summed E-state index contributed by atoms with van der Waals surface area (Å²) in [5, 5.41) is 12.7. The second-order valence-corrected chi connectivity index (χ2v) is 5.29. The highest BCUT2D eigenvalue weighted by molar-refractivity contribution is 5.78. The lowest BCUT2D eigenvalue weighted by Crippen LogP contribution is -2.16. The number of hydrogen-bond acceptors (Lipinski definition) is 3. The SMILES string of the molecule is COc1cccc2c1C=C(C)C(c1ccc(CO)cc1)N2. The van der Waals surface area contributed by atoms with E-state index in [4.69, 9.17) is 9.84 Å². The minimum absolute atomic E-state index is 0.0766. The zero-order valence-corrected chi connectivity index (χ0v) is 12.3. The second kappa shape index (κ2) is 5.62. The van der Waals surface area contributed by atoms with E-state index in [9.17, 15) is 0 Å². The fourth-order valence-corrected chi connectivity index (χ4v) is 2.74. The van der Waals surface area contributed by atoms with Crippen molar-refractivity contribution in [2.75, 3.05) is 12.4 Å². The number of methoxy groups -OCH3 is 1. The molecule has 1 heterocycles. The summed E-state index contributed by atoms with van der Waals surface area (Å²) in [7, 11) is 1.69. The van der Waals surface area contributed by atoms with Gasteiger partial charge in [0.1, 0.15) is 5.75 Å². The van der Waals surface area contributed by atoms with Gasteiger partial charge in [-0.2, -0.15) is 0 Å². The van der Waals surface area contributed by atoms with Crippen molar-refractivity contribution in [3.63, 3.8) is 0 Å². The number of fused-ring (bicyclic) bond motifs is 1. The van der Waals surface area contributed by atoms with Gasteiger partial charge in [0.25, 0.3) is 0 Å². The van der Waals surface area contributed by atoms with Crippen molar-refractivity contribution in [3.8, 4) is 5.75 Å². The summed E-state index contributed by atoms with van der Waals surface area (Å²) in [6, 6.07) is 14.2. The van der Waals surface area contributed by atoms with Gasteiger partial charge in [-0.3, -0.25) is 0 Å². The third-order valence-corrected chi connectivity index (χ3v) is 3.91. The molecule has 3 heteroatoms. The van der Waals surface area contributed by atoms with Gasteiger partial charge in [0.2, 0.25) is 0 Å². The van der Waals surface area contributed by atoms with Crippen molar-refractivity contribution in [2.24, 2.45) is 0 Å². The average Bonchev–Trinajstić information content (AvgIpc) is 2.54. The molecule has 0 spiro atoms. The number of benzene rings is 2. The molecule has 3 rings (SSSR count). The van der Waals surface area contributed by atoms with Crippen LogP contribution in [0.15, 0.2) is 48.0 Å². The Morgan fingerprint density at radius 2 is 1.90 bits per heavy atom. The summed E-state index contributed by atoms with van der Waals surface area (Å²) in [5.41, 5.74) is 5.54. The Bertz CT molecular complexity index is 674. The van der Waals surface area contributed by atoms with Gasteiger partial charge in [-0.05, 0) is 41.8 Å². The molecule has 2 aromatic carbocycles. The number of hydrogen-bond donors (Lipinski definition) is 2. The standard InChI is InChI=1S/C18H19NO2/c1-12-10-15-16(4-3-5-17(15)21-2)19-18(12)14-8-6-13(11-20)7-9-14/h3-10,18-20H,11H2,1-2H3. The van der Waals surface area contributed by atoms with Crippen LogP contribution in [0.3, 0.4) is 0 Å². The van der Waals surface area contributed by atoms with Crippen molar-refractivity contribution in [2.45, 2.75) is 19.6 Å². The lowest BCUT2D eigenvalue weighted by atomic mass is 9.92. The van der Waals surface area contributed by atoms with E-state index in [1.807, 2.05) is 24.3 Å². The van der Waals surface area contributed by atoms with Crippen LogP contribution in [0, 0.1) is 0 Å². The van der Waals surface area contributed by atoms with Crippen molar-refractivity contribution in [1.82, 2.24) is 0 Å². The highest BCUT2D eigenvalue weighted by Crippen LogP contribution is 2.39. The average molecular weight is 281 g/mol. The summed E-state index contributed by atoms with van der Waals surface area (Å²) in [5.74, 6) is 0.883. The summed E-state index contributed by atoms with van der Waals surface area (Å²) >= 11 is 0. The molecule has 0 saturated carbocycles. The highest BCUT2D eigenvalue weighted by Gasteiger charge is 2.21. The van der Waals surface area contributed by atoms with Crippen LogP contribution in [-0.4, -0.2) is 12.2 Å². The lowest BCUT2D eigenvalue weighted by Gasteiger charge is -2.28. The topological polar surface area (TPSA) is 41.5 Å². The largest absolute Gasteiger partial charge is 0.496 e. The minimum atomic E-state index is 0.0766. The van der Waals surface area contributed by atoms with Gasteiger partial charge >= 0.3 is 0 Å². The quantitative estimate of drug-likeness (QED) is 0.900. The molecule has 21 heavy (non-hydrogen) atoms. The molecule has 1 atom stereocenters. The van der Waals surface area contributed by atoms with Crippen LogP contribution in [-0.2, 0) is 6.61 Å². The molecule has 0 bridgehead atoms. The maximum atomic E-state index is 9.14. The fraction of sp³-hybridized carbons (Fsp3) is 0.222. The van der Waals surface area contributed by atoms with Gasteiger partial charge in [0.05, 0.1) is 19.8 Å². The van der Waals surface area contributed by atoms with Crippen molar-refractivity contribution in [1.29, 1.82) is 0 Å². The number of rotatable bonds is 3. The van der Waals surface area contributed by atoms with Crippen molar-refractivity contribution >= 4 is 11.8 Å². The Balaban J connectivity index is 1.97. The first-order chi connectivity index (χ1) is 10.2. The van der Waals surface area contributed by atoms with E-state index in [-0.39, 0.29) is 12.6 Å². The molecular weight excluding hydrogens is 262 g/mol. The molecule has 0 aromatic heterocycles. The van der Waals surface area contributed by atoms with Gasteiger partial charge in [0.15, 0.2) is 0 Å². The van der Waals surface area contributed by atoms with E-state index in [0.29, 0.717) is 0 Å². The Hall–Kier alpha value is -2.26. The van der Waals surface area contributed by atoms with Crippen LogP contribution >= 0.6 is 0 Å². The molecule has 2 N–H and O–H groups in total. The fourth-order valence-electron chi connectivity index (χ4n) is 2.74. The van der Waals surface area contributed by atoms with Crippen LogP contribution < -0.4 is 10.1 Å². The van der Waals surface area contributed by atoms with Gasteiger partial charge in [0, 0.05) is 11.3 Å². The summed E-state index contributed by atoms with van der Waals surface area (Å²) in [6.45, 7) is 2.19. The smallest absolute Gasteiger partial charge is 0.128 e. The van der Waals surface area contributed by atoms with Crippen LogP contribution in [0.5, 0.6) is 5.75 Å². The van der Waals surface area contributed by atoms with Gasteiger partial charge in [-0.25, -0.2) is 0 Å². The lowest BCUT2D eigenvalue weighted by molar-refractivity contribution is 0.282. The van der Waals surface area contributed by atoms with E-state index in [1.54, 1.807) is 7.11 Å². The predicted octanol–water partition coefficient (Wildman–Crippen LogP) is 3.76. The maximum Gasteiger partial charge on any atom is 0.128 e. The molecule has 2 aromatic rings. The van der Waals surface area contributed by atoms with Crippen LogP contribution in [0.1, 0.15) is 29.7 Å². The molecule has 0 saturated heterocycles. The van der Waals surface area contributed by atoms with Crippen LogP contribution in [0.25, 0.3) is 6.08 Å². The van der Waals surface area contributed by atoms with Crippen molar-refractivity contribution in [3.05, 3.63) is 64.7 Å². The molecular formula is C18H19NO2. The van der Waals surface area contributed by atoms with Crippen LogP contribution in [0.2, 0.25) is 0 Å². The number of anilines is 1. The summed E-state index contributed by atoms with van der Waals surface area (Å²) in [6.07, 6.45) is 2.18. The first-order valence-electron chi connectivity index (χ1n) is 7.04. The number of aliphatic hydroxyl groups excluding tert-OH is 1. The number of nitrogens with one attached hydrogen (secondary N) is 1. The molecule has 1 aliphatic heterocycles.